The smallest absolute Gasteiger partial charge is 0.317 e. The summed E-state index contributed by atoms with van der Waals surface area (Å²) in [6.07, 6.45) is 9.44. The number of rotatable bonds is 6. The van der Waals surface area contributed by atoms with Crippen LogP contribution in [-0.4, -0.2) is 76.8 Å². The van der Waals surface area contributed by atoms with Crippen LogP contribution in [0.5, 0.6) is 5.88 Å². The minimum absolute atomic E-state index is 0.0696. The molecule has 0 saturated heterocycles. The Labute approximate surface area is 190 Å². The zero-order valence-corrected chi connectivity index (χ0v) is 19.6. The van der Waals surface area contributed by atoms with E-state index >= 15 is 0 Å². The van der Waals surface area contributed by atoms with Gasteiger partial charge in [-0.15, -0.1) is 0 Å². The number of urea groups is 1. The molecular formula is C24H36N4O4. The zero-order valence-electron chi connectivity index (χ0n) is 19.6. The largest absolute Gasteiger partial charge is 0.472 e. The summed E-state index contributed by atoms with van der Waals surface area (Å²) in [4.78, 5) is 33.8. The maximum atomic E-state index is 13.3. The van der Waals surface area contributed by atoms with Crippen molar-refractivity contribution in [3.63, 3.8) is 0 Å². The maximum Gasteiger partial charge on any atom is 0.317 e. The first-order chi connectivity index (χ1) is 15.3. The van der Waals surface area contributed by atoms with Crippen molar-refractivity contribution in [1.29, 1.82) is 0 Å². The Hall–Kier alpha value is -2.61. The third kappa shape index (κ3) is 5.59. The molecule has 1 saturated carbocycles. The minimum Gasteiger partial charge on any atom is -0.472 e. The van der Waals surface area contributed by atoms with Crippen LogP contribution in [0.25, 0.3) is 6.08 Å². The average molecular weight is 445 g/mol. The number of allylic oxidation sites excluding steroid dienone is 1. The topological polar surface area (TPSA) is 95.0 Å². The highest BCUT2D eigenvalue weighted by atomic mass is 16.5. The van der Waals surface area contributed by atoms with E-state index in [0.29, 0.717) is 18.7 Å². The number of pyridine rings is 1. The fourth-order valence-electron chi connectivity index (χ4n) is 4.33. The van der Waals surface area contributed by atoms with Crippen LogP contribution in [0.2, 0.25) is 0 Å². The van der Waals surface area contributed by atoms with Crippen LogP contribution in [-0.2, 0) is 0 Å². The number of amides is 3. The highest BCUT2D eigenvalue weighted by Gasteiger charge is 2.34. The molecule has 1 fully saturated rings. The summed E-state index contributed by atoms with van der Waals surface area (Å²) in [5.41, 5.74) is 1.17. The number of likely N-dealkylation sites (N-methyl/N-ethyl adjacent to an activating group) is 1. The lowest BCUT2D eigenvalue weighted by Crippen LogP contribution is -2.52. The van der Waals surface area contributed by atoms with Gasteiger partial charge in [-0.1, -0.05) is 31.9 Å². The standard InChI is InChI=1S/C24H36N4O4/c1-5-8-18-11-20-22(25-12-18)32-21(16(2)13-28(23(20)30)17(3)15-29)14-27(4)24(31)26-19-9-6-7-10-19/h5,8,11-12,16-17,19,21,29H,6-7,9-10,13-15H2,1-4H3,(H,26,31)/b8-5+/t16-,17+,21-/m1/s1. The zero-order chi connectivity index (χ0) is 23.3. The molecule has 1 aliphatic heterocycles. The Balaban J connectivity index is 1.85. The second-order valence-electron chi connectivity index (χ2n) is 9.06. The van der Waals surface area contributed by atoms with Crippen molar-refractivity contribution in [3.8, 4) is 5.88 Å². The van der Waals surface area contributed by atoms with Crippen molar-refractivity contribution in [2.45, 2.75) is 64.6 Å². The predicted molar refractivity (Wildman–Crippen MR) is 124 cm³/mol. The number of aliphatic hydroxyl groups is 1. The SMILES string of the molecule is C/C=C/c1cnc2c(c1)C(=O)N([C@@H](C)CO)C[C@@H](C)[C@@H](CN(C)C(=O)NC1CCCC1)O2. The number of nitrogens with one attached hydrogen (secondary N) is 1. The van der Waals surface area contributed by atoms with Gasteiger partial charge in [-0.05, 0) is 38.3 Å². The quantitative estimate of drug-likeness (QED) is 0.704. The van der Waals surface area contributed by atoms with E-state index in [4.69, 9.17) is 4.74 Å². The summed E-state index contributed by atoms with van der Waals surface area (Å²) in [5, 5.41) is 12.9. The van der Waals surface area contributed by atoms with Gasteiger partial charge < -0.3 is 25.0 Å². The molecule has 32 heavy (non-hydrogen) atoms. The van der Waals surface area contributed by atoms with Crippen LogP contribution in [0.1, 0.15) is 62.4 Å². The molecule has 8 heteroatoms. The van der Waals surface area contributed by atoms with E-state index in [1.54, 1.807) is 29.1 Å². The van der Waals surface area contributed by atoms with Gasteiger partial charge in [0.15, 0.2) is 0 Å². The van der Waals surface area contributed by atoms with Gasteiger partial charge in [0, 0.05) is 31.7 Å². The first-order valence-corrected chi connectivity index (χ1v) is 11.6. The van der Waals surface area contributed by atoms with Gasteiger partial charge in [-0.3, -0.25) is 4.79 Å². The average Bonchev–Trinajstić information content (AvgIpc) is 3.29. The van der Waals surface area contributed by atoms with Gasteiger partial charge in [0.2, 0.25) is 5.88 Å². The van der Waals surface area contributed by atoms with Crippen molar-refractivity contribution in [2.24, 2.45) is 5.92 Å². The Morgan fingerprint density at radius 1 is 1.44 bits per heavy atom. The predicted octanol–water partition coefficient (Wildman–Crippen LogP) is 2.92. The highest BCUT2D eigenvalue weighted by Crippen LogP contribution is 2.28. The molecule has 0 bridgehead atoms. The van der Waals surface area contributed by atoms with Gasteiger partial charge in [0.05, 0.1) is 19.2 Å². The number of ether oxygens (including phenoxy) is 1. The number of carbonyl (C=O) groups is 2. The number of aliphatic hydroxyl groups excluding tert-OH is 1. The van der Waals surface area contributed by atoms with E-state index in [-0.39, 0.29) is 48.5 Å². The van der Waals surface area contributed by atoms with Crippen LogP contribution < -0.4 is 10.1 Å². The van der Waals surface area contributed by atoms with E-state index in [9.17, 15) is 14.7 Å². The number of hydrogen-bond donors (Lipinski definition) is 2. The Morgan fingerprint density at radius 3 is 2.81 bits per heavy atom. The summed E-state index contributed by atoms with van der Waals surface area (Å²) in [7, 11) is 1.77. The van der Waals surface area contributed by atoms with E-state index in [2.05, 4.69) is 10.3 Å². The second kappa shape index (κ2) is 10.8. The third-order valence-corrected chi connectivity index (χ3v) is 6.38. The van der Waals surface area contributed by atoms with Crippen molar-refractivity contribution in [1.82, 2.24) is 20.1 Å². The monoisotopic (exact) mass is 444 g/mol. The van der Waals surface area contributed by atoms with Gasteiger partial charge in [0.1, 0.15) is 11.7 Å². The van der Waals surface area contributed by atoms with Crippen LogP contribution in [0.4, 0.5) is 4.79 Å². The molecule has 1 aliphatic carbocycles. The van der Waals surface area contributed by atoms with Gasteiger partial charge in [-0.25, -0.2) is 9.78 Å². The van der Waals surface area contributed by atoms with Gasteiger partial charge >= 0.3 is 6.03 Å². The van der Waals surface area contributed by atoms with E-state index < -0.39 is 0 Å². The fraction of sp³-hybridized carbons (Fsp3) is 0.625. The highest BCUT2D eigenvalue weighted by molar-refractivity contribution is 5.97. The number of hydrogen-bond acceptors (Lipinski definition) is 5. The molecule has 0 aromatic carbocycles. The summed E-state index contributed by atoms with van der Waals surface area (Å²) in [5.74, 6) is -0.0163. The van der Waals surface area contributed by atoms with Crippen molar-refractivity contribution in [2.75, 3.05) is 26.7 Å². The molecule has 3 amide bonds. The van der Waals surface area contributed by atoms with Crippen LogP contribution in [0.3, 0.4) is 0 Å². The van der Waals surface area contributed by atoms with Crippen molar-refractivity contribution >= 4 is 18.0 Å². The molecule has 0 unspecified atom stereocenters. The maximum absolute atomic E-state index is 13.3. The van der Waals surface area contributed by atoms with Crippen LogP contribution in [0.15, 0.2) is 18.3 Å². The molecule has 2 N–H and O–H groups in total. The van der Waals surface area contributed by atoms with Crippen LogP contribution >= 0.6 is 0 Å². The van der Waals surface area contributed by atoms with E-state index in [0.717, 1.165) is 31.2 Å². The molecule has 8 nitrogen and oxygen atoms in total. The summed E-state index contributed by atoms with van der Waals surface area (Å²) in [6, 6.07) is 1.56. The van der Waals surface area contributed by atoms with Crippen molar-refractivity contribution in [3.05, 3.63) is 29.5 Å². The molecule has 1 aromatic heterocycles. The molecule has 176 valence electrons. The number of fused-ring (bicyclic) bond motifs is 1. The summed E-state index contributed by atoms with van der Waals surface area (Å²) in [6.45, 7) is 6.37. The number of carbonyl (C=O) groups excluding carboxylic acids is 2. The molecule has 2 aliphatic rings. The second-order valence-corrected chi connectivity index (χ2v) is 9.06. The lowest BCUT2D eigenvalue weighted by atomic mass is 10.00. The lowest BCUT2D eigenvalue weighted by Gasteiger charge is -2.37. The lowest BCUT2D eigenvalue weighted by molar-refractivity contribution is 0.0351. The molecule has 2 heterocycles. The Kier molecular flexibility index (Phi) is 8.12. The van der Waals surface area contributed by atoms with E-state index in [1.165, 1.54) is 0 Å². The molecule has 0 radical (unpaired) electrons. The molecule has 1 aromatic rings. The summed E-state index contributed by atoms with van der Waals surface area (Å²) >= 11 is 0. The third-order valence-electron chi connectivity index (χ3n) is 6.38. The number of aromatic nitrogens is 1. The Bertz CT molecular complexity index is 837. The van der Waals surface area contributed by atoms with Gasteiger partial charge in [0.25, 0.3) is 5.91 Å². The Morgan fingerprint density at radius 2 is 2.16 bits per heavy atom. The van der Waals surface area contributed by atoms with Crippen LogP contribution in [0, 0.1) is 5.92 Å². The molecular weight excluding hydrogens is 408 g/mol. The number of nitrogens with zero attached hydrogens (tertiary/aromatic N) is 3. The molecule has 3 atom stereocenters. The first kappa shape index (κ1) is 24.0. The fourth-order valence-corrected chi connectivity index (χ4v) is 4.33. The van der Waals surface area contributed by atoms with Crippen molar-refractivity contribution < 1.29 is 19.4 Å². The molecule has 0 spiro atoms. The normalized spacial score (nSPS) is 22.8. The van der Waals surface area contributed by atoms with Gasteiger partial charge in [-0.2, -0.15) is 0 Å². The van der Waals surface area contributed by atoms with E-state index in [1.807, 2.05) is 32.9 Å². The minimum atomic E-state index is -0.352. The first-order valence-electron chi connectivity index (χ1n) is 11.6. The summed E-state index contributed by atoms with van der Waals surface area (Å²) < 4.78 is 6.24. The molecule has 3 rings (SSSR count).